The molecule has 2 aromatic rings. The summed E-state index contributed by atoms with van der Waals surface area (Å²) in [6, 6.07) is 9.07. The summed E-state index contributed by atoms with van der Waals surface area (Å²) >= 11 is 0. The molecule has 1 aromatic carbocycles. The number of aromatic nitrogens is 1. The normalized spacial score (nSPS) is 12.2. The topological polar surface area (TPSA) is 42.2 Å². The van der Waals surface area contributed by atoms with E-state index in [1.165, 1.54) is 0 Å². The Morgan fingerprint density at radius 1 is 1.33 bits per heavy atom. The average molecular weight is 287 g/mol. The van der Waals surface area contributed by atoms with Gasteiger partial charge in [0.05, 0.1) is 12.2 Å². The molecule has 3 nitrogen and oxygen atoms in total. The number of halogens is 1. The molecule has 4 heteroatoms. The number of pyridine rings is 1. The van der Waals surface area contributed by atoms with Crippen LogP contribution in [0.5, 0.6) is 0 Å². The molecule has 1 atom stereocenters. The quantitative estimate of drug-likeness (QED) is 0.914. The summed E-state index contributed by atoms with van der Waals surface area (Å²) in [5.74, 6) is -0.208. The average Bonchev–Trinajstić information content (AvgIpc) is 2.48. The zero-order valence-corrected chi connectivity index (χ0v) is 12.8. The van der Waals surface area contributed by atoms with E-state index in [0.29, 0.717) is 12.1 Å². The third kappa shape index (κ3) is 3.58. The minimum absolute atomic E-state index is 0.208. The molecule has 0 amide bonds. The molecule has 1 heterocycles. The van der Waals surface area contributed by atoms with Crippen LogP contribution in [0.25, 0.3) is 0 Å². The standard InChI is InChI=1S/C17H22FN3/c1-4-21(11-14-7-5-6-8-20-14)17-9-12(2)16(18)10-15(17)13(3)19/h5-10,13H,4,11,19H2,1-3H3/t13-/m0/s1. The van der Waals surface area contributed by atoms with Gasteiger partial charge in [-0.3, -0.25) is 4.98 Å². The van der Waals surface area contributed by atoms with Crippen LogP contribution >= 0.6 is 0 Å². The van der Waals surface area contributed by atoms with Crippen LogP contribution in [0, 0.1) is 12.7 Å². The first-order valence-corrected chi connectivity index (χ1v) is 7.23. The van der Waals surface area contributed by atoms with Gasteiger partial charge in [-0.1, -0.05) is 6.07 Å². The fourth-order valence-corrected chi connectivity index (χ4v) is 2.37. The van der Waals surface area contributed by atoms with Crippen molar-refractivity contribution in [2.75, 3.05) is 11.4 Å². The van der Waals surface area contributed by atoms with Gasteiger partial charge in [-0.2, -0.15) is 0 Å². The molecule has 112 valence electrons. The summed E-state index contributed by atoms with van der Waals surface area (Å²) in [4.78, 5) is 6.53. The summed E-state index contributed by atoms with van der Waals surface area (Å²) in [5.41, 5.74) is 9.44. The summed E-state index contributed by atoms with van der Waals surface area (Å²) < 4.78 is 13.8. The van der Waals surface area contributed by atoms with Gasteiger partial charge in [0.25, 0.3) is 0 Å². The lowest BCUT2D eigenvalue weighted by Crippen LogP contribution is -2.25. The zero-order chi connectivity index (χ0) is 15.4. The van der Waals surface area contributed by atoms with E-state index in [2.05, 4.69) is 16.8 Å². The Hall–Kier alpha value is -1.94. The van der Waals surface area contributed by atoms with Crippen molar-refractivity contribution in [3.05, 3.63) is 59.2 Å². The maximum absolute atomic E-state index is 13.8. The van der Waals surface area contributed by atoms with Crippen molar-refractivity contribution in [3.63, 3.8) is 0 Å². The van der Waals surface area contributed by atoms with E-state index in [-0.39, 0.29) is 11.9 Å². The van der Waals surface area contributed by atoms with Crippen molar-refractivity contribution in [1.82, 2.24) is 4.98 Å². The van der Waals surface area contributed by atoms with Crippen molar-refractivity contribution >= 4 is 5.69 Å². The van der Waals surface area contributed by atoms with E-state index < -0.39 is 0 Å². The van der Waals surface area contributed by atoms with Crippen LogP contribution in [0.3, 0.4) is 0 Å². The van der Waals surface area contributed by atoms with Gasteiger partial charge in [-0.05, 0) is 56.2 Å². The molecular weight excluding hydrogens is 265 g/mol. The Balaban J connectivity index is 2.39. The third-order valence-electron chi connectivity index (χ3n) is 3.60. The molecular formula is C17H22FN3. The number of hydrogen-bond donors (Lipinski definition) is 1. The Morgan fingerprint density at radius 3 is 2.67 bits per heavy atom. The SMILES string of the molecule is CCN(Cc1ccccn1)c1cc(C)c(F)cc1[C@H](C)N. The van der Waals surface area contributed by atoms with Crippen molar-refractivity contribution in [1.29, 1.82) is 0 Å². The van der Waals surface area contributed by atoms with E-state index in [1.807, 2.05) is 31.2 Å². The highest BCUT2D eigenvalue weighted by Gasteiger charge is 2.16. The third-order valence-corrected chi connectivity index (χ3v) is 3.60. The fourth-order valence-electron chi connectivity index (χ4n) is 2.37. The predicted octanol–water partition coefficient (Wildman–Crippen LogP) is 3.58. The summed E-state index contributed by atoms with van der Waals surface area (Å²) in [6.45, 7) is 7.22. The summed E-state index contributed by atoms with van der Waals surface area (Å²) in [7, 11) is 0. The lowest BCUT2D eigenvalue weighted by Gasteiger charge is -2.27. The summed E-state index contributed by atoms with van der Waals surface area (Å²) in [5, 5.41) is 0. The molecule has 2 N–H and O–H groups in total. The van der Waals surface area contributed by atoms with Crippen molar-refractivity contribution < 1.29 is 4.39 Å². The molecule has 0 fully saturated rings. The minimum atomic E-state index is -0.215. The number of benzene rings is 1. The highest BCUT2D eigenvalue weighted by Crippen LogP contribution is 2.29. The van der Waals surface area contributed by atoms with Crippen LogP contribution in [-0.4, -0.2) is 11.5 Å². The largest absolute Gasteiger partial charge is 0.366 e. The van der Waals surface area contributed by atoms with Crippen molar-refractivity contribution in [2.24, 2.45) is 5.73 Å². The second kappa shape index (κ2) is 6.68. The second-order valence-corrected chi connectivity index (χ2v) is 5.28. The maximum atomic E-state index is 13.8. The van der Waals surface area contributed by atoms with Gasteiger partial charge in [-0.25, -0.2) is 4.39 Å². The number of nitrogens with zero attached hydrogens (tertiary/aromatic N) is 2. The van der Waals surface area contributed by atoms with Crippen LogP contribution < -0.4 is 10.6 Å². The monoisotopic (exact) mass is 287 g/mol. The number of anilines is 1. The lowest BCUT2D eigenvalue weighted by molar-refractivity contribution is 0.612. The smallest absolute Gasteiger partial charge is 0.126 e. The van der Waals surface area contributed by atoms with Crippen LogP contribution in [0.2, 0.25) is 0 Å². The molecule has 0 aliphatic heterocycles. The second-order valence-electron chi connectivity index (χ2n) is 5.28. The molecule has 0 radical (unpaired) electrons. The van der Waals surface area contributed by atoms with E-state index in [4.69, 9.17) is 5.73 Å². The Labute approximate surface area is 125 Å². The van der Waals surface area contributed by atoms with Gasteiger partial charge in [0, 0.05) is 24.5 Å². The first-order valence-electron chi connectivity index (χ1n) is 7.23. The molecule has 1 aromatic heterocycles. The fraction of sp³-hybridized carbons (Fsp3) is 0.353. The molecule has 2 rings (SSSR count). The van der Waals surface area contributed by atoms with Gasteiger partial charge < -0.3 is 10.6 Å². The Bertz CT molecular complexity index is 596. The Kier molecular flexibility index (Phi) is 4.91. The Morgan fingerprint density at radius 2 is 2.10 bits per heavy atom. The van der Waals surface area contributed by atoms with Gasteiger partial charge in [-0.15, -0.1) is 0 Å². The number of nitrogens with two attached hydrogens (primary N) is 1. The van der Waals surface area contributed by atoms with Crippen molar-refractivity contribution in [3.8, 4) is 0 Å². The van der Waals surface area contributed by atoms with Crippen LogP contribution in [0.1, 0.15) is 36.7 Å². The number of aryl methyl sites for hydroxylation is 1. The highest BCUT2D eigenvalue weighted by molar-refractivity contribution is 5.57. The highest BCUT2D eigenvalue weighted by atomic mass is 19.1. The number of rotatable bonds is 5. The first-order chi connectivity index (χ1) is 10.0. The van der Waals surface area contributed by atoms with Gasteiger partial charge in [0.2, 0.25) is 0 Å². The minimum Gasteiger partial charge on any atom is -0.366 e. The molecule has 0 aliphatic rings. The van der Waals surface area contributed by atoms with Crippen LogP contribution in [-0.2, 0) is 6.54 Å². The van der Waals surface area contributed by atoms with E-state index in [0.717, 1.165) is 23.5 Å². The number of hydrogen-bond acceptors (Lipinski definition) is 3. The van der Waals surface area contributed by atoms with Gasteiger partial charge in [0.1, 0.15) is 5.82 Å². The van der Waals surface area contributed by atoms with Gasteiger partial charge in [0.15, 0.2) is 0 Å². The molecule has 0 saturated carbocycles. The molecule has 0 aliphatic carbocycles. The lowest BCUT2D eigenvalue weighted by atomic mass is 10.0. The molecule has 0 unspecified atom stereocenters. The summed E-state index contributed by atoms with van der Waals surface area (Å²) in [6.07, 6.45) is 1.78. The zero-order valence-electron chi connectivity index (χ0n) is 12.8. The van der Waals surface area contributed by atoms with E-state index >= 15 is 0 Å². The first kappa shape index (κ1) is 15.4. The molecule has 0 saturated heterocycles. The molecule has 0 spiro atoms. The molecule has 0 bridgehead atoms. The molecule has 21 heavy (non-hydrogen) atoms. The predicted molar refractivity (Wildman–Crippen MR) is 84.7 cm³/mol. The van der Waals surface area contributed by atoms with Crippen LogP contribution in [0.4, 0.5) is 10.1 Å². The van der Waals surface area contributed by atoms with E-state index in [1.54, 1.807) is 19.2 Å². The maximum Gasteiger partial charge on any atom is 0.126 e. The van der Waals surface area contributed by atoms with E-state index in [9.17, 15) is 4.39 Å². The van der Waals surface area contributed by atoms with Crippen LogP contribution in [0.15, 0.2) is 36.5 Å². The van der Waals surface area contributed by atoms with Crippen molar-refractivity contribution in [2.45, 2.75) is 33.4 Å². The van der Waals surface area contributed by atoms with Gasteiger partial charge >= 0.3 is 0 Å².